The molecule has 1 aromatic rings. The molecule has 0 bridgehead atoms. The van der Waals surface area contributed by atoms with Gasteiger partial charge < -0.3 is 14.8 Å². The van der Waals surface area contributed by atoms with Crippen LogP contribution in [0, 0.1) is 5.41 Å². The minimum Gasteiger partial charge on any atom is -0.466 e. The molecule has 1 saturated carbocycles. The lowest BCUT2D eigenvalue weighted by molar-refractivity contribution is -0.142. The maximum Gasteiger partial charge on any atom is 0.311 e. The van der Waals surface area contributed by atoms with Crippen LogP contribution in [0.4, 0.5) is 5.13 Å². The fourth-order valence-corrected chi connectivity index (χ4v) is 2.81. The number of hydrogen-bond donors (Lipinski definition) is 1. The molecule has 0 saturated heterocycles. The summed E-state index contributed by atoms with van der Waals surface area (Å²) in [5.41, 5.74) is 1.17. The Morgan fingerprint density at radius 2 is 2.35 bits per heavy atom. The van der Waals surface area contributed by atoms with E-state index in [-0.39, 0.29) is 12.4 Å². The van der Waals surface area contributed by atoms with Crippen LogP contribution in [0.15, 0.2) is 5.38 Å². The van der Waals surface area contributed by atoms with Crippen molar-refractivity contribution in [2.24, 2.45) is 5.41 Å². The van der Waals surface area contributed by atoms with Crippen LogP contribution < -0.4 is 5.32 Å². The van der Waals surface area contributed by atoms with Crippen molar-refractivity contribution in [2.45, 2.75) is 32.6 Å². The number of nitrogens with one attached hydrogen (secondary N) is 1. The molecule has 1 heterocycles. The van der Waals surface area contributed by atoms with Gasteiger partial charge in [-0.15, -0.1) is 11.3 Å². The highest BCUT2D eigenvalue weighted by Crippen LogP contribution is 2.48. The van der Waals surface area contributed by atoms with E-state index >= 15 is 0 Å². The van der Waals surface area contributed by atoms with Crippen molar-refractivity contribution in [3.63, 3.8) is 0 Å². The third kappa shape index (κ3) is 4.45. The van der Waals surface area contributed by atoms with Crippen molar-refractivity contribution in [2.75, 3.05) is 32.2 Å². The summed E-state index contributed by atoms with van der Waals surface area (Å²) >= 11 is 1.54. The molecule has 1 N–H and O–H groups in total. The summed E-state index contributed by atoms with van der Waals surface area (Å²) in [4.78, 5) is 15.8. The number of carbonyl (C=O) groups excluding carboxylic acids is 1. The van der Waals surface area contributed by atoms with Gasteiger partial charge in [-0.2, -0.15) is 0 Å². The van der Waals surface area contributed by atoms with E-state index in [0.29, 0.717) is 12.0 Å². The number of anilines is 1. The number of methoxy groups -OCH3 is 1. The Bertz CT molecular complexity index is 443. The number of esters is 1. The molecular formula is C14H22N2O3S. The van der Waals surface area contributed by atoms with Crippen molar-refractivity contribution in [3.05, 3.63) is 11.1 Å². The van der Waals surface area contributed by atoms with E-state index in [1.54, 1.807) is 25.4 Å². The predicted molar refractivity (Wildman–Crippen MR) is 79.1 cm³/mol. The number of aromatic nitrogens is 1. The zero-order chi connectivity index (χ0) is 14.4. The van der Waals surface area contributed by atoms with Crippen molar-refractivity contribution in [1.82, 2.24) is 4.98 Å². The van der Waals surface area contributed by atoms with E-state index in [2.05, 4.69) is 10.3 Å². The Balaban J connectivity index is 1.77. The van der Waals surface area contributed by atoms with Crippen LogP contribution in [0.25, 0.3) is 0 Å². The summed E-state index contributed by atoms with van der Waals surface area (Å²) in [7, 11) is 1.74. The van der Waals surface area contributed by atoms with Crippen LogP contribution in [0.1, 0.15) is 31.9 Å². The topological polar surface area (TPSA) is 60.5 Å². The first-order valence-electron chi connectivity index (χ1n) is 7.00. The average Bonchev–Trinajstić information content (AvgIpc) is 3.07. The quantitative estimate of drug-likeness (QED) is 0.710. The first kappa shape index (κ1) is 15.3. The van der Waals surface area contributed by atoms with E-state index in [0.717, 1.165) is 30.4 Å². The third-order valence-electron chi connectivity index (χ3n) is 3.59. The molecule has 112 valence electrons. The number of rotatable bonds is 9. The summed E-state index contributed by atoms with van der Waals surface area (Å²) in [5, 5.41) is 6.17. The minimum atomic E-state index is -0.219. The van der Waals surface area contributed by atoms with E-state index in [1.807, 2.05) is 5.38 Å². The van der Waals surface area contributed by atoms with Gasteiger partial charge in [-0.3, -0.25) is 4.79 Å². The Hall–Kier alpha value is -1.14. The van der Waals surface area contributed by atoms with Crippen molar-refractivity contribution in [3.8, 4) is 0 Å². The second kappa shape index (κ2) is 7.04. The fourth-order valence-electron chi connectivity index (χ4n) is 2.10. The molecule has 0 spiro atoms. The van der Waals surface area contributed by atoms with Gasteiger partial charge in [0.25, 0.3) is 0 Å². The fraction of sp³-hybridized carbons (Fsp3) is 0.714. The number of thiazole rings is 1. The Labute approximate surface area is 123 Å². The molecule has 6 heteroatoms. The van der Waals surface area contributed by atoms with Gasteiger partial charge in [0.15, 0.2) is 5.13 Å². The van der Waals surface area contributed by atoms with Crippen molar-refractivity contribution in [1.29, 1.82) is 0 Å². The predicted octanol–water partition coefficient (Wildman–Crippen LogP) is 2.48. The second-order valence-corrected chi connectivity index (χ2v) is 6.08. The molecule has 0 atom stereocenters. The smallest absolute Gasteiger partial charge is 0.311 e. The first-order chi connectivity index (χ1) is 9.67. The highest BCUT2D eigenvalue weighted by Gasteiger charge is 2.41. The van der Waals surface area contributed by atoms with E-state index in [1.165, 1.54) is 12.8 Å². The molecular weight excluding hydrogens is 276 g/mol. The van der Waals surface area contributed by atoms with E-state index in [4.69, 9.17) is 9.47 Å². The lowest BCUT2D eigenvalue weighted by atomic mass is 10.0. The molecule has 0 amide bonds. The largest absolute Gasteiger partial charge is 0.466 e. The molecule has 1 fully saturated rings. The summed E-state index contributed by atoms with van der Waals surface area (Å²) < 4.78 is 10.1. The number of hydrogen-bond acceptors (Lipinski definition) is 6. The first-order valence-corrected chi connectivity index (χ1v) is 7.88. The maximum atomic E-state index is 11.4. The molecule has 1 aromatic heterocycles. The van der Waals surface area contributed by atoms with Gasteiger partial charge >= 0.3 is 5.97 Å². The number of ether oxygens (including phenoxy) is 2. The van der Waals surface area contributed by atoms with E-state index < -0.39 is 0 Å². The van der Waals surface area contributed by atoms with Crippen LogP contribution in [0.5, 0.6) is 0 Å². The lowest BCUT2D eigenvalue weighted by Crippen LogP contribution is -2.17. The molecule has 0 unspecified atom stereocenters. The van der Waals surface area contributed by atoms with Crippen LogP contribution in [-0.2, 0) is 20.7 Å². The van der Waals surface area contributed by atoms with Crippen molar-refractivity contribution < 1.29 is 14.3 Å². The monoisotopic (exact) mass is 298 g/mol. The Morgan fingerprint density at radius 3 is 3.00 bits per heavy atom. The maximum absolute atomic E-state index is 11.4. The van der Waals surface area contributed by atoms with Gasteiger partial charge in [0.05, 0.1) is 18.7 Å². The lowest BCUT2D eigenvalue weighted by Gasteiger charge is -2.14. The molecule has 0 aromatic carbocycles. The van der Waals surface area contributed by atoms with Crippen LogP contribution >= 0.6 is 11.3 Å². The van der Waals surface area contributed by atoms with Crippen LogP contribution in [0.3, 0.4) is 0 Å². The summed E-state index contributed by atoms with van der Waals surface area (Å²) in [6, 6.07) is 0. The van der Waals surface area contributed by atoms with Gasteiger partial charge in [-0.05, 0) is 31.6 Å². The number of carbonyl (C=O) groups is 1. The molecule has 1 aliphatic rings. The zero-order valence-electron chi connectivity index (χ0n) is 12.1. The molecule has 0 radical (unpaired) electrons. The summed E-state index contributed by atoms with van der Waals surface area (Å²) in [6.07, 6.45) is 3.85. The average molecular weight is 298 g/mol. The minimum absolute atomic E-state index is 0.219. The normalized spacial score (nSPS) is 15.9. The molecule has 2 rings (SSSR count). The standard InChI is InChI=1S/C14H22N2O3S/c1-3-19-12(17)8-11-9-20-13(16-11)15-10-14(4-5-14)6-7-18-2/h9H,3-8,10H2,1-2H3,(H,15,16). The van der Waals surface area contributed by atoms with Gasteiger partial charge in [-0.25, -0.2) is 4.98 Å². The molecule has 0 aliphatic heterocycles. The third-order valence-corrected chi connectivity index (χ3v) is 4.44. The highest BCUT2D eigenvalue weighted by atomic mass is 32.1. The SMILES string of the molecule is CCOC(=O)Cc1csc(NCC2(CCOC)CC2)n1. The van der Waals surface area contributed by atoms with Crippen LogP contribution in [-0.4, -0.2) is 37.8 Å². The van der Waals surface area contributed by atoms with E-state index in [9.17, 15) is 4.79 Å². The van der Waals surface area contributed by atoms with Gasteiger partial charge in [0.1, 0.15) is 0 Å². The van der Waals surface area contributed by atoms with Gasteiger partial charge in [0, 0.05) is 25.6 Å². The van der Waals surface area contributed by atoms with Crippen LogP contribution in [0.2, 0.25) is 0 Å². The Morgan fingerprint density at radius 1 is 1.55 bits per heavy atom. The second-order valence-electron chi connectivity index (χ2n) is 5.22. The molecule has 20 heavy (non-hydrogen) atoms. The molecule has 1 aliphatic carbocycles. The van der Waals surface area contributed by atoms with Crippen molar-refractivity contribution >= 4 is 22.4 Å². The summed E-state index contributed by atoms with van der Waals surface area (Å²) in [6.45, 7) is 3.97. The van der Waals surface area contributed by atoms with Gasteiger partial charge in [-0.1, -0.05) is 0 Å². The number of nitrogens with zero attached hydrogens (tertiary/aromatic N) is 1. The highest BCUT2D eigenvalue weighted by molar-refractivity contribution is 7.13. The van der Waals surface area contributed by atoms with Gasteiger partial charge in [0.2, 0.25) is 0 Å². The Kier molecular flexibility index (Phi) is 5.37. The zero-order valence-corrected chi connectivity index (χ0v) is 12.9. The molecule has 5 nitrogen and oxygen atoms in total. The summed E-state index contributed by atoms with van der Waals surface area (Å²) in [5.74, 6) is -0.219.